The number of hydrogen-bond acceptors (Lipinski definition) is 2. The molecule has 0 saturated heterocycles. The van der Waals surface area contributed by atoms with E-state index in [1.165, 1.54) is 0 Å². The highest BCUT2D eigenvalue weighted by atomic mass is 79.9. The van der Waals surface area contributed by atoms with Gasteiger partial charge in [0.05, 0.1) is 5.41 Å². The van der Waals surface area contributed by atoms with E-state index < -0.39 is 11.4 Å². The summed E-state index contributed by atoms with van der Waals surface area (Å²) >= 11 is 3.39. The van der Waals surface area contributed by atoms with Crippen molar-refractivity contribution in [2.75, 3.05) is 6.54 Å². The molecule has 4 nitrogen and oxygen atoms in total. The quantitative estimate of drug-likeness (QED) is 0.844. The number of nitrogens with one attached hydrogen (secondary N) is 1. The lowest BCUT2D eigenvalue weighted by atomic mass is 9.89. The fourth-order valence-corrected chi connectivity index (χ4v) is 2.02. The van der Waals surface area contributed by atoms with Gasteiger partial charge in [0.15, 0.2) is 0 Å². The van der Waals surface area contributed by atoms with E-state index in [1.807, 2.05) is 24.3 Å². The summed E-state index contributed by atoms with van der Waals surface area (Å²) in [6.07, 6.45) is 0.708. The number of carbonyl (C=O) groups excluding carboxylic acids is 1. The SMILES string of the molecule is CC(C)(CC(=O)NCCc1cccc(Br)c1)C(=O)O. The minimum atomic E-state index is -1.03. The summed E-state index contributed by atoms with van der Waals surface area (Å²) in [5.74, 6) is -1.20. The fraction of sp³-hybridized carbons (Fsp3) is 0.429. The van der Waals surface area contributed by atoms with Crippen LogP contribution in [0.5, 0.6) is 0 Å². The third kappa shape index (κ3) is 5.42. The third-order valence-corrected chi connectivity index (χ3v) is 3.30. The first-order valence-corrected chi connectivity index (χ1v) is 6.85. The van der Waals surface area contributed by atoms with E-state index in [4.69, 9.17) is 5.11 Å². The molecule has 1 amide bonds. The highest BCUT2D eigenvalue weighted by Gasteiger charge is 2.29. The van der Waals surface area contributed by atoms with Gasteiger partial charge in [0.1, 0.15) is 0 Å². The van der Waals surface area contributed by atoms with E-state index >= 15 is 0 Å². The molecule has 0 fully saturated rings. The Bertz CT molecular complexity index is 472. The molecular weight excluding hydrogens is 310 g/mol. The van der Waals surface area contributed by atoms with Crippen molar-refractivity contribution in [2.45, 2.75) is 26.7 Å². The number of amides is 1. The van der Waals surface area contributed by atoms with E-state index in [2.05, 4.69) is 21.2 Å². The van der Waals surface area contributed by atoms with Crippen molar-refractivity contribution >= 4 is 27.8 Å². The number of carboxylic acids is 1. The van der Waals surface area contributed by atoms with Crippen LogP contribution in [-0.4, -0.2) is 23.5 Å². The van der Waals surface area contributed by atoms with E-state index in [0.717, 1.165) is 16.5 Å². The zero-order valence-electron chi connectivity index (χ0n) is 11.1. The number of rotatable bonds is 6. The summed E-state index contributed by atoms with van der Waals surface area (Å²) in [4.78, 5) is 22.5. The molecule has 0 aliphatic carbocycles. The van der Waals surface area contributed by atoms with Gasteiger partial charge in [0.2, 0.25) is 5.91 Å². The molecule has 0 aliphatic heterocycles. The highest BCUT2D eigenvalue weighted by Crippen LogP contribution is 2.20. The minimum absolute atomic E-state index is 0.0131. The van der Waals surface area contributed by atoms with Gasteiger partial charge in [-0.15, -0.1) is 0 Å². The predicted octanol–water partition coefficient (Wildman–Crippen LogP) is 2.61. The largest absolute Gasteiger partial charge is 0.481 e. The van der Waals surface area contributed by atoms with Gasteiger partial charge in [-0.05, 0) is 38.0 Å². The van der Waals surface area contributed by atoms with Crippen LogP contribution in [0.2, 0.25) is 0 Å². The first-order valence-electron chi connectivity index (χ1n) is 6.06. The number of benzene rings is 1. The first kappa shape index (κ1) is 15.7. The Hall–Kier alpha value is -1.36. The summed E-state index contributed by atoms with van der Waals surface area (Å²) < 4.78 is 1.00. The van der Waals surface area contributed by atoms with Crippen molar-refractivity contribution in [1.82, 2.24) is 5.32 Å². The molecule has 0 radical (unpaired) electrons. The lowest BCUT2D eigenvalue weighted by Gasteiger charge is -2.18. The summed E-state index contributed by atoms with van der Waals surface area (Å²) in [6, 6.07) is 7.86. The van der Waals surface area contributed by atoms with Gasteiger partial charge in [-0.2, -0.15) is 0 Å². The Balaban J connectivity index is 2.37. The Morgan fingerprint density at radius 2 is 2.05 bits per heavy atom. The van der Waals surface area contributed by atoms with Gasteiger partial charge >= 0.3 is 5.97 Å². The first-order chi connectivity index (χ1) is 8.81. The van der Waals surface area contributed by atoms with Crippen LogP contribution in [0.15, 0.2) is 28.7 Å². The molecule has 5 heteroatoms. The maximum atomic E-state index is 11.6. The van der Waals surface area contributed by atoms with Crippen molar-refractivity contribution in [2.24, 2.45) is 5.41 Å². The van der Waals surface area contributed by atoms with Crippen LogP contribution in [-0.2, 0) is 16.0 Å². The van der Waals surface area contributed by atoms with Crippen LogP contribution < -0.4 is 5.32 Å². The van der Waals surface area contributed by atoms with Crippen LogP contribution in [0.25, 0.3) is 0 Å². The zero-order valence-corrected chi connectivity index (χ0v) is 12.7. The summed E-state index contributed by atoms with van der Waals surface area (Å²) in [5, 5.41) is 11.7. The van der Waals surface area contributed by atoms with Crippen LogP contribution in [0.3, 0.4) is 0 Å². The molecule has 0 heterocycles. The average molecular weight is 328 g/mol. The highest BCUT2D eigenvalue weighted by molar-refractivity contribution is 9.10. The van der Waals surface area contributed by atoms with Crippen molar-refractivity contribution in [3.8, 4) is 0 Å². The monoisotopic (exact) mass is 327 g/mol. The second-order valence-electron chi connectivity index (χ2n) is 5.10. The normalized spacial score (nSPS) is 11.1. The maximum Gasteiger partial charge on any atom is 0.309 e. The van der Waals surface area contributed by atoms with E-state index in [-0.39, 0.29) is 12.3 Å². The van der Waals surface area contributed by atoms with Crippen molar-refractivity contribution < 1.29 is 14.7 Å². The Morgan fingerprint density at radius 3 is 2.63 bits per heavy atom. The molecular formula is C14H18BrNO3. The van der Waals surface area contributed by atoms with Gasteiger partial charge < -0.3 is 10.4 Å². The number of hydrogen-bond donors (Lipinski definition) is 2. The van der Waals surface area contributed by atoms with Crippen LogP contribution >= 0.6 is 15.9 Å². The average Bonchev–Trinajstić information content (AvgIpc) is 2.28. The lowest BCUT2D eigenvalue weighted by Crippen LogP contribution is -2.34. The Kier molecular flexibility index (Phi) is 5.54. The molecule has 1 aromatic carbocycles. The van der Waals surface area contributed by atoms with Crippen molar-refractivity contribution in [1.29, 1.82) is 0 Å². The fourth-order valence-electron chi connectivity index (χ4n) is 1.58. The van der Waals surface area contributed by atoms with Gasteiger partial charge in [-0.3, -0.25) is 9.59 Å². The Labute approximate surface area is 121 Å². The van der Waals surface area contributed by atoms with Crippen molar-refractivity contribution in [3.05, 3.63) is 34.3 Å². The third-order valence-electron chi connectivity index (χ3n) is 2.81. The summed E-state index contributed by atoms with van der Waals surface area (Å²) in [5.41, 5.74) is 0.0898. The summed E-state index contributed by atoms with van der Waals surface area (Å²) in [6.45, 7) is 3.59. The zero-order chi connectivity index (χ0) is 14.5. The second kappa shape index (κ2) is 6.70. The van der Waals surface area contributed by atoms with E-state index in [0.29, 0.717) is 6.54 Å². The molecule has 1 aromatic rings. The van der Waals surface area contributed by atoms with Crippen LogP contribution in [0.1, 0.15) is 25.8 Å². The van der Waals surface area contributed by atoms with Gasteiger partial charge in [-0.25, -0.2) is 0 Å². The molecule has 0 unspecified atom stereocenters. The van der Waals surface area contributed by atoms with Crippen molar-refractivity contribution in [3.63, 3.8) is 0 Å². The maximum absolute atomic E-state index is 11.6. The minimum Gasteiger partial charge on any atom is -0.481 e. The number of carboxylic acid groups (broad SMARTS) is 1. The van der Waals surface area contributed by atoms with Crippen LogP contribution in [0, 0.1) is 5.41 Å². The van der Waals surface area contributed by atoms with Gasteiger partial charge in [-0.1, -0.05) is 28.1 Å². The molecule has 2 N–H and O–H groups in total. The number of carbonyl (C=O) groups is 2. The molecule has 0 aliphatic rings. The standard InChI is InChI=1S/C14H18BrNO3/c1-14(2,13(18)19)9-12(17)16-7-6-10-4-3-5-11(15)8-10/h3-5,8H,6-7,9H2,1-2H3,(H,16,17)(H,18,19). The predicted molar refractivity (Wildman–Crippen MR) is 76.9 cm³/mol. The van der Waals surface area contributed by atoms with Gasteiger partial charge in [0, 0.05) is 17.4 Å². The molecule has 0 aromatic heterocycles. The molecule has 104 valence electrons. The second-order valence-corrected chi connectivity index (χ2v) is 6.01. The molecule has 0 saturated carbocycles. The topological polar surface area (TPSA) is 66.4 Å². The molecule has 0 atom stereocenters. The van der Waals surface area contributed by atoms with Gasteiger partial charge in [0.25, 0.3) is 0 Å². The molecule has 0 bridgehead atoms. The molecule has 0 spiro atoms. The lowest BCUT2D eigenvalue weighted by molar-refractivity contribution is -0.149. The van der Waals surface area contributed by atoms with E-state index in [9.17, 15) is 9.59 Å². The number of aliphatic carboxylic acids is 1. The molecule has 19 heavy (non-hydrogen) atoms. The smallest absolute Gasteiger partial charge is 0.309 e. The molecule has 1 rings (SSSR count). The Morgan fingerprint density at radius 1 is 1.37 bits per heavy atom. The number of halogens is 1. The van der Waals surface area contributed by atoms with Crippen LogP contribution in [0.4, 0.5) is 0 Å². The van der Waals surface area contributed by atoms with E-state index in [1.54, 1.807) is 13.8 Å². The summed E-state index contributed by atoms with van der Waals surface area (Å²) in [7, 11) is 0.